The molecule has 6 heteroatoms. The predicted octanol–water partition coefficient (Wildman–Crippen LogP) is 16.4. The van der Waals surface area contributed by atoms with E-state index in [9.17, 15) is 0 Å². The molecule has 0 atom stereocenters. The van der Waals surface area contributed by atoms with E-state index in [1.807, 2.05) is 0 Å². The lowest BCUT2D eigenvalue weighted by Gasteiger charge is -2.39. The maximum absolute atomic E-state index is 2.48. The Bertz CT molecular complexity index is 3410. The molecule has 13 rings (SSSR count). The maximum atomic E-state index is 2.48. The van der Waals surface area contributed by atoms with Crippen LogP contribution in [0.1, 0.15) is 22.3 Å². The van der Waals surface area contributed by atoms with Crippen molar-refractivity contribution in [1.29, 1.82) is 0 Å². The van der Waals surface area contributed by atoms with E-state index in [2.05, 4.69) is 351 Å². The van der Waals surface area contributed by atoms with Crippen LogP contribution in [0, 0.1) is 0 Å². The van der Waals surface area contributed by atoms with Crippen LogP contribution in [-0.2, 0) is 5.41 Å². The molecule has 0 heterocycles. The Hall–Kier alpha value is -10.0. The highest BCUT2D eigenvalue weighted by molar-refractivity contribution is 6.33. The third-order valence-electron chi connectivity index (χ3n) is 15.3. The summed E-state index contributed by atoms with van der Waals surface area (Å²) in [5.41, 5.74) is 21.2. The molecule has 0 aromatic heterocycles. The summed E-state index contributed by atoms with van der Waals surface area (Å²) in [6, 6.07) is 115. The number of benzene rings is 12. The number of hydrogen-bond donors (Lipinski definition) is 0. The summed E-state index contributed by atoms with van der Waals surface area (Å²) >= 11 is 0. The lowest BCUT2D eigenvalue weighted by molar-refractivity contribution is 0.769. The average Bonchev–Trinajstić information content (AvgIpc) is 3.36. The van der Waals surface area contributed by atoms with E-state index in [1.54, 1.807) is 0 Å². The van der Waals surface area contributed by atoms with Crippen molar-refractivity contribution in [3.8, 4) is 11.1 Å². The van der Waals surface area contributed by atoms with Gasteiger partial charge in [0.2, 0.25) is 0 Å². The van der Waals surface area contributed by atoms with Crippen molar-refractivity contribution in [2.24, 2.45) is 0 Å². The summed E-state index contributed by atoms with van der Waals surface area (Å²) in [6.45, 7) is 0. The van der Waals surface area contributed by atoms with E-state index in [0.29, 0.717) is 0 Å². The van der Waals surface area contributed by atoms with Crippen LogP contribution in [0.2, 0.25) is 0 Å². The number of fused-ring (bicyclic) bond motifs is 3. The van der Waals surface area contributed by atoms with Gasteiger partial charge in [0.15, 0.2) is 0 Å². The molecule has 12 aromatic carbocycles. The Balaban J connectivity index is 1.21. The van der Waals surface area contributed by atoms with Gasteiger partial charge in [-0.2, -0.15) is 0 Å². The second-order valence-electron chi connectivity index (χ2n) is 20.4. The van der Waals surface area contributed by atoms with Crippen LogP contribution in [0.3, 0.4) is 0 Å². The molecule has 79 heavy (non-hydrogen) atoms. The first kappa shape index (κ1) is 48.6. The van der Waals surface area contributed by atoms with Gasteiger partial charge in [0, 0.05) is 68.2 Å². The molecule has 0 fully saturated rings. The molecule has 0 aliphatic heterocycles. The van der Waals surface area contributed by atoms with Crippen molar-refractivity contribution in [3.05, 3.63) is 338 Å². The summed E-state index contributed by atoms with van der Waals surface area (Å²) < 4.78 is 0. The zero-order chi connectivity index (χ0) is 53.1. The minimum atomic E-state index is -0.908. The van der Waals surface area contributed by atoms with Gasteiger partial charge in [-0.15, -0.1) is 0 Å². The Kier molecular flexibility index (Phi) is 13.0. The quantitative estimate of drug-likeness (QED) is 0.101. The maximum Gasteiger partial charge on any atom is 0.139 e. The van der Waals surface area contributed by atoms with E-state index >= 15 is 0 Å². The Labute approximate surface area is 466 Å². The highest BCUT2D eigenvalue weighted by Crippen LogP contribution is 2.59. The van der Waals surface area contributed by atoms with Crippen LogP contribution < -0.4 is 30.5 Å². The van der Waals surface area contributed by atoms with Crippen molar-refractivity contribution in [1.82, 2.24) is 0 Å². The number of nitrogens with zero attached hydrogens (tertiary/aromatic N) is 4. The topological polar surface area (TPSA) is 13.0 Å². The van der Waals surface area contributed by atoms with Gasteiger partial charge in [-0.05, 0) is 167 Å². The van der Waals surface area contributed by atoms with Crippen molar-refractivity contribution < 1.29 is 0 Å². The Morgan fingerprint density at radius 3 is 0.608 bits per heavy atom. The van der Waals surface area contributed by atoms with Crippen LogP contribution in [0.15, 0.2) is 315 Å². The Morgan fingerprint density at radius 1 is 0.203 bits per heavy atom. The normalized spacial score (nSPS) is 12.0. The molecule has 1 aliphatic rings. The zero-order valence-corrected chi connectivity index (χ0v) is 44.3. The molecule has 0 bridgehead atoms. The van der Waals surface area contributed by atoms with Crippen molar-refractivity contribution >= 4 is 94.9 Å². The summed E-state index contributed by atoms with van der Waals surface area (Å²) in [5.74, 6) is 0. The van der Waals surface area contributed by atoms with Crippen molar-refractivity contribution in [2.75, 3.05) is 19.6 Å². The van der Waals surface area contributed by atoms with Crippen LogP contribution >= 0.6 is 0 Å². The first-order valence-electron chi connectivity index (χ1n) is 27.2. The minimum absolute atomic E-state index is 0.908. The molecule has 0 saturated heterocycles. The summed E-state index contributed by atoms with van der Waals surface area (Å²) in [4.78, 5) is 9.66. The lowest BCUT2D eigenvalue weighted by atomic mass is 9.66. The lowest BCUT2D eigenvalue weighted by Crippen LogP contribution is -2.31. The van der Waals surface area contributed by atoms with E-state index in [-0.39, 0.29) is 0 Å². The molecule has 0 amide bonds. The molecule has 1 aliphatic carbocycles. The van der Waals surface area contributed by atoms with Gasteiger partial charge in [0.1, 0.15) is 15.7 Å². The molecule has 0 radical (unpaired) electrons. The molecule has 374 valence electrons. The van der Waals surface area contributed by atoms with Gasteiger partial charge < -0.3 is 19.6 Å². The zero-order valence-electron chi connectivity index (χ0n) is 44.3. The molecule has 0 spiro atoms. The molecule has 0 N–H and O–H groups in total. The SMILES string of the molecule is Bc1ccc2c(c1)C(c1cc(N(c3ccccc3)c3ccccc3)cc(N(c3ccccc3)c3ccccc3)c1)(c1cc(N(c3ccccc3)c3ccccc3)cc(N(c3ccccc3)c3ccccc3)c1)c1cc(B)ccc1-2. The van der Waals surface area contributed by atoms with Gasteiger partial charge in [0.05, 0.1) is 5.41 Å². The average molecular weight is 1010 g/mol. The smallest absolute Gasteiger partial charge is 0.139 e. The van der Waals surface area contributed by atoms with E-state index in [4.69, 9.17) is 0 Å². The molecule has 0 saturated carbocycles. The van der Waals surface area contributed by atoms with E-state index < -0.39 is 5.41 Å². The number of rotatable bonds is 14. The van der Waals surface area contributed by atoms with Crippen molar-refractivity contribution in [3.63, 3.8) is 0 Å². The number of anilines is 12. The predicted molar refractivity (Wildman–Crippen MR) is 339 cm³/mol. The standard InChI is InChI=1S/C73H56B2N4/c74-55-41-43-69-70-44-42-56(75)50-72(70)73(71(69)49-55,53-45-65(76(57-25-9-1-10-26-57)58-27-11-2-12-28-58)51-66(46-53)77(59-29-13-3-14-30-59)60-31-15-4-16-32-60)54-47-67(78(61-33-17-5-18-34-61)62-35-19-6-20-36-62)52-68(48-54)79(63-37-21-7-22-38-63)64-39-23-8-24-40-64/h1-52H,74-75H2. The molecular formula is C73H56B2N4. The molecule has 0 unspecified atom stereocenters. The number of hydrogen-bond acceptors (Lipinski definition) is 4. The third kappa shape index (κ3) is 9.13. The first-order valence-corrected chi connectivity index (χ1v) is 27.2. The minimum Gasteiger partial charge on any atom is -0.310 e. The second kappa shape index (κ2) is 21.2. The van der Waals surface area contributed by atoms with Crippen LogP contribution in [0.25, 0.3) is 11.1 Å². The highest BCUT2D eigenvalue weighted by atomic mass is 15.2. The van der Waals surface area contributed by atoms with Crippen molar-refractivity contribution in [2.45, 2.75) is 5.41 Å². The fraction of sp³-hybridized carbons (Fsp3) is 0.0137. The molecular weight excluding hydrogens is 954 g/mol. The van der Waals surface area contributed by atoms with Gasteiger partial charge in [0.25, 0.3) is 0 Å². The van der Waals surface area contributed by atoms with Crippen LogP contribution in [-0.4, -0.2) is 15.7 Å². The molecule has 4 nitrogen and oxygen atoms in total. The van der Waals surface area contributed by atoms with Gasteiger partial charge >= 0.3 is 0 Å². The molecule has 12 aromatic rings. The third-order valence-corrected chi connectivity index (χ3v) is 15.3. The van der Waals surface area contributed by atoms with Crippen LogP contribution in [0.4, 0.5) is 68.2 Å². The first-order chi connectivity index (χ1) is 39.0. The fourth-order valence-corrected chi connectivity index (χ4v) is 11.9. The Morgan fingerprint density at radius 2 is 0.405 bits per heavy atom. The highest BCUT2D eigenvalue weighted by Gasteiger charge is 2.48. The van der Waals surface area contributed by atoms with Gasteiger partial charge in [-0.25, -0.2) is 0 Å². The largest absolute Gasteiger partial charge is 0.310 e. The van der Waals surface area contributed by atoms with Gasteiger partial charge in [-0.3, -0.25) is 0 Å². The van der Waals surface area contributed by atoms with Crippen LogP contribution in [0.5, 0.6) is 0 Å². The van der Waals surface area contributed by atoms with E-state index in [1.165, 1.54) is 33.2 Å². The number of para-hydroxylation sites is 8. The summed E-state index contributed by atoms with van der Waals surface area (Å²) in [5, 5.41) is 0. The summed E-state index contributed by atoms with van der Waals surface area (Å²) in [6.07, 6.45) is 0. The van der Waals surface area contributed by atoms with Gasteiger partial charge in [-0.1, -0.05) is 193 Å². The summed E-state index contributed by atoms with van der Waals surface area (Å²) in [7, 11) is 4.47. The second-order valence-corrected chi connectivity index (χ2v) is 20.4. The fourth-order valence-electron chi connectivity index (χ4n) is 11.9. The monoisotopic (exact) mass is 1010 g/mol. The van der Waals surface area contributed by atoms with E-state index in [0.717, 1.165) is 79.4 Å².